The van der Waals surface area contributed by atoms with Gasteiger partial charge in [0.2, 0.25) is 0 Å². The van der Waals surface area contributed by atoms with Crippen LogP contribution in [0.15, 0.2) is 30.3 Å². The van der Waals surface area contributed by atoms with Crippen LogP contribution in [0.3, 0.4) is 0 Å². The van der Waals surface area contributed by atoms with Crippen molar-refractivity contribution in [3.05, 3.63) is 42.0 Å². The minimum atomic E-state index is 0. The third-order valence-electron chi connectivity index (χ3n) is 1.47. The maximum Gasteiger partial charge on any atom is 1.00 e. The van der Waals surface area contributed by atoms with Gasteiger partial charge in [-0.05, 0) is 0 Å². The molecule has 0 unspecified atom stereocenters. The largest absolute Gasteiger partial charge is 1.00 e. The summed E-state index contributed by atoms with van der Waals surface area (Å²) in [5.41, 5.74) is 1.36. The summed E-state index contributed by atoms with van der Waals surface area (Å²) in [6.45, 7) is 6.44. The molecule has 0 spiro atoms. The van der Waals surface area contributed by atoms with E-state index >= 15 is 0 Å². The predicted octanol–water partition coefficient (Wildman–Crippen LogP) is 0.553. The van der Waals surface area contributed by atoms with Crippen molar-refractivity contribution in [1.29, 1.82) is 0 Å². The van der Waals surface area contributed by atoms with Crippen LogP contribution in [0, 0.1) is 11.5 Å². The second-order valence-electron chi connectivity index (χ2n) is 3.95. The van der Waals surface area contributed by atoms with Crippen molar-refractivity contribution in [3.8, 4) is 0 Å². The average molecular weight is 166 g/mol. The van der Waals surface area contributed by atoms with E-state index in [1.54, 1.807) is 0 Å². The molecular formula is C12H15Li. The van der Waals surface area contributed by atoms with E-state index in [4.69, 9.17) is 0 Å². The molecule has 1 aromatic rings. The first-order valence-corrected chi connectivity index (χ1v) is 4.24. The van der Waals surface area contributed by atoms with Crippen molar-refractivity contribution in [2.45, 2.75) is 20.8 Å². The summed E-state index contributed by atoms with van der Waals surface area (Å²) in [5, 5.41) is 0. The van der Waals surface area contributed by atoms with E-state index in [-0.39, 0.29) is 24.3 Å². The van der Waals surface area contributed by atoms with Gasteiger partial charge in [0.1, 0.15) is 0 Å². The van der Waals surface area contributed by atoms with E-state index in [1.165, 1.54) is 5.56 Å². The summed E-state index contributed by atoms with van der Waals surface area (Å²) in [4.78, 5) is 0. The second-order valence-corrected chi connectivity index (χ2v) is 3.95. The third kappa shape index (κ3) is 5.74. The molecule has 0 N–H and O–H groups in total. The van der Waals surface area contributed by atoms with Crippen LogP contribution in [0.1, 0.15) is 26.3 Å². The van der Waals surface area contributed by atoms with Crippen LogP contribution in [0.25, 0.3) is 6.08 Å². The van der Waals surface area contributed by atoms with Gasteiger partial charge in [-0.25, -0.2) is 6.08 Å². The molecule has 64 valence electrons. The van der Waals surface area contributed by atoms with Crippen LogP contribution < -0.4 is 18.9 Å². The minimum absolute atomic E-state index is 0. The molecule has 1 heteroatoms. The molecule has 1 rings (SSSR count). The quantitative estimate of drug-likeness (QED) is 0.422. The average Bonchev–Trinajstić information content (AvgIpc) is 2.02. The van der Waals surface area contributed by atoms with Crippen molar-refractivity contribution in [2.75, 3.05) is 0 Å². The normalized spacial score (nSPS) is 11.3. The third-order valence-corrected chi connectivity index (χ3v) is 1.47. The molecule has 0 aliphatic carbocycles. The Morgan fingerprint density at radius 3 is 2.08 bits per heavy atom. The van der Waals surface area contributed by atoms with Gasteiger partial charge in [0.15, 0.2) is 0 Å². The SMILES string of the molecule is CC(C)(C)[C-]=Cc1ccccc1.[Li+]. The summed E-state index contributed by atoms with van der Waals surface area (Å²) < 4.78 is 0. The maximum atomic E-state index is 3.31. The first kappa shape index (κ1) is 12.6. The van der Waals surface area contributed by atoms with Crippen molar-refractivity contribution >= 4 is 6.08 Å². The van der Waals surface area contributed by atoms with Gasteiger partial charge in [-0.1, -0.05) is 44.4 Å². The molecule has 0 aromatic heterocycles. The zero-order chi connectivity index (χ0) is 9.03. The molecule has 0 saturated carbocycles. The number of allylic oxidation sites excluding steroid dienone is 1. The van der Waals surface area contributed by atoms with E-state index in [0.29, 0.717) is 0 Å². The minimum Gasteiger partial charge on any atom is -0.269 e. The zero-order valence-corrected chi connectivity index (χ0v) is 8.96. The molecule has 0 bridgehead atoms. The molecule has 0 saturated heterocycles. The Morgan fingerprint density at radius 1 is 1.08 bits per heavy atom. The monoisotopic (exact) mass is 166 g/mol. The smallest absolute Gasteiger partial charge is 0.269 e. The van der Waals surface area contributed by atoms with Crippen LogP contribution in [0.2, 0.25) is 0 Å². The van der Waals surface area contributed by atoms with Crippen LogP contribution in [-0.2, 0) is 0 Å². The van der Waals surface area contributed by atoms with E-state index in [2.05, 4.69) is 39.0 Å². The van der Waals surface area contributed by atoms with Crippen molar-refractivity contribution < 1.29 is 18.9 Å². The van der Waals surface area contributed by atoms with Crippen LogP contribution >= 0.6 is 0 Å². The summed E-state index contributed by atoms with van der Waals surface area (Å²) >= 11 is 0. The van der Waals surface area contributed by atoms with Gasteiger partial charge >= 0.3 is 18.9 Å². The molecule has 0 aliphatic heterocycles. The fraction of sp³-hybridized carbons (Fsp3) is 0.333. The standard InChI is InChI=1S/C12H15.Li/c1-12(2,3)10-9-11-7-5-4-6-8-11;/h4-9H,1-3H3;/q-1;+1. The molecule has 0 nitrogen and oxygen atoms in total. The Labute approximate surface area is 93.2 Å². The number of hydrogen-bond donors (Lipinski definition) is 0. The Bertz CT molecular complexity index is 254. The van der Waals surface area contributed by atoms with E-state index < -0.39 is 0 Å². The van der Waals surface area contributed by atoms with Crippen LogP contribution in [-0.4, -0.2) is 0 Å². The summed E-state index contributed by atoms with van der Waals surface area (Å²) in [6, 6.07) is 10.3. The summed E-state index contributed by atoms with van der Waals surface area (Å²) in [7, 11) is 0. The molecule has 1 aromatic carbocycles. The Kier molecular flexibility index (Phi) is 5.14. The molecule has 0 heterocycles. The molecule has 0 radical (unpaired) electrons. The van der Waals surface area contributed by atoms with E-state index in [9.17, 15) is 0 Å². The molecule has 0 atom stereocenters. The van der Waals surface area contributed by atoms with Crippen molar-refractivity contribution in [2.24, 2.45) is 5.41 Å². The van der Waals surface area contributed by atoms with Gasteiger partial charge in [-0.2, -0.15) is 5.56 Å². The first-order valence-electron chi connectivity index (χ1n) is 4.24. The van der Waals surface area contributed by atoms with Crippen molar-refractivity contribution in [1.82, 2.24) is 0 Å². The van der Waals surface area contributed by atoms with Crippen molar-refractivity contribution in [3.63, 3.8) is 0 Å². The van der Waals surface area contributed by atoms with Gasteiger partial charge in [0, 0.05) is 0 Å². The molecular weight excluding hydrogens is 151 g/mol. The fourth-order valence-corrected chi connectivity index (χ4v) is 0.849. The Morgan fingerprint density at radius 2 is 1.62 bits per heavy atom. The maximum absolute atomic E-state index is 3.31. The zero-order valence-electron chi connectivity index (χ0n) is 8.96. The van der Waals surface area contributed by atoms with Crippen LogP contribution in [0.5, 0.6) is 0 Å². The Balaban J connectivity index is 0.00000144. The van der Waals surface area contributed by atoms with Gasteiger partial charge in [-0.15, -0.1) is 12.1 Å². The number of benzene rings is 1. The van der Waals surface area contributed by atoms with Gasteiger partial charge in [0.05, 0.1) is 0 Å². The van der Waals surface area contributed by atoms with Gasteiger partial charge in [-0.3, -0.25) is 6.08 Å². The summed E-state index contributed by atoms with van der Waals surface area (Å²) in [5.74, 6) is 0. The molecule has 13 heavy (non-hydrogen) atoms. The molecule has 0 fully saturated rings. The van der Waals surface area contributed by atoms with E-state index in [0.717, 1.165) is 0 Å². The van der Waals surface area contributed by atoms with Gasteiger partial charge in [0.25, 0.3) is 0 Å². The first-order chi connectivity index (χ1) is 5.58. The number of rotatable bonds is 1. The predicted molar refractivity (Wildman–Crippen MR) is 53.6 cm³/mol. The van der Waals surface area contributed by atoms with Crippen LogP contribution in [0.4, 0.5) is 0 Å². The summed E-state index contributed by atoms with van der Waals surface area (Å²) in [6.07, 6.45) is 5.35. The Hall–Kier alpha value is -0.443. The molecule has 0 aliphatic rings. The van der Waals surface area contributed by atoms with Gasteiger partial charge < -0.3 is 0 Å². The van der Waals surface area contributed by atoms with E-state index in [1.807, 2.05) is 24.3 Å². The second kappa shape index (κ2) is 5.32. The molecule has 0 amide bonds. The topological polar surface area (TPSA) is 0 Å². The number of hydrogen-bond acceptors (Lipinski definition) is 0. The fourth-order valence-electron chi connectivity index (χ4n) is 0.849.